The van der Waals surface area contributed by atoms with Crippen molar-refractivity contribution >= 4 is 11.1 Å². The summed E-state index contributed by atoms with van der Waals surface area (Å²) >= 11 is 0. The van der Waals surface area contributed by atoms with Crippen molar-refractivity contribution in [3.63, 3.8) is 0 Å². The van der Waals surface area contributed by atoms with Gasteiger partial charge in [-0.1, -0.05) is 48.5 Å². The second kappa shape index (κ2) is 25.5. The van der Waals surface area contributed by atoms with Gasteiger partial charge in [0.15, 0.2) is 0 Å². The van der Waals surface area contributed by atoms with E-state index in [9.17, 15) is 0 Å². The number of hydrogen-bond donors (Lipinski definition) is 4. The van der Waals surface area contributed by atoms with Crippen molar-refractivity contribution in [2.24, 2.45) is 0 Å². The summed E-state index contributed by atoms with van der Waals surface area (Å²) in [5.74, 6) is 2.75. The molecule has 0 fully saturated rings. The van der Waals surface area contributed by atoms with Gasteiger partial charge in [-0.2, -0.15) is 0 Å². The van der Waals surface area contributed by atoms with Gasteiger partial charge >= 0.3 is 0 Å². The van der Waals surface area contributed by atoms with Crippen molar-refractivity contribution in [3.8, 4) is 23.0 Å². The highest BCUT2D eigenvalue weighted by Gasteiger charge is 2.18. The molecule has 0 aromatic heterocycles. The van der Waals surface area contributed by atoms with E-state index in [0.717, 1.165) is 33.4 Å². The minimum absolute atomic E-state index is 0.0371. The summed E-state index contributed by atoms with van der Waals surface area (Å²) in [6, 6.07) is 31.6. The molecule has 0 atom stereocenters. The van der Waals surface area contributed by atoms with Gasteiger partial charge in [0.25, 0.3) is 0 Å². The number of aliphatic hydroxyl groups excluding tert-OH is 4. The van der Waals surface area contributed by atoms with Gasteiger partial charge < -0.3 is 58.3 Å². The molecule has 0 radical (unpaired) electrons. The van der Waals surface area contributed by atoms with Gasteiger partial charge in [-0.3, -0.25) is 0 Å². The summed E-state index contributed by atoms with van der Waals surface area (Å²) < 4.78 is 45.0. The molecule has 0 bridgehead atoms. The number of rotatable bonds is 28. The maximum atomic E-state index is 8.97. The zero-order valence-corrected chi connectivity index (χ0v) is 30.6. The van der Waals surface area contributed by atoms with Crippen LogP contribution >= 0.6 is 0 Å². The maximum Gasteiger partial charge on any atom is 0.119 e. The predicted octanol–water partition coefficient (Wildman–Crippen LogP) is 4.24. The molecular weight excluding hydrogens is 696 g/mol. The van der Waals surface area contributed by atoms with Gasteiger partial charge in [-0.15, -0.1) is 0 Å². The van der Waals surface area contributed by atoms with Crippen LogP contribution in [0.2, 0.25) is 0 Å². The third kappa shape index (κ3) is 14.7. The van der Waals surface area contributed by atoms with E-state index in [1.807, 2.05) is 97.1 Å². The van der Waals surface area contributed by atoms with Gasteiger partial charge in [-0.25, -0.2) is 0 Å². The predicted molar refractivity (Wildman–Crippen MR) is 204 cm³/mol. The van der Waals surface area contributed by atoms with Crippen molar-refractivity contribution < 1.29 is 58.3 Å². The second-order valence-electron chi connectivity index (χ2n) is 11.6. The van der Waals surface area contributed by atoms with E-state index in [2.05, 4.69) is 0 Å². The maximum absolute atomic E-state index is 8.97. The lowest BCUT2D eigenvalue weighted by Crippen LogP contribution is -2.09. The fraction of sp³-hybridized carbons (Fsp3) is 0.381. The lowest BCUT2D eigenvalue weighted by Gasteiger charge is -2.19. The van der Waals surface area contributed by atoms with Crippen LogP contribution in [0.4, 0.5) is 0 Å². The lowest BCUT2D eigenvalue weighted by molar-refractivity contribution is 0.0705. The molecule has 0 saturated carbocycles. The monoisotopic (exact) mass is 748 g/mol. The summed E-state index contributed by atoms with van der Waals surface area (Å²) in [7, 11) is 0. The first-order valence-corrected chi connectivity index (χ1v) is 18.1. The first-order chi connectivity index (χ1) is 26.7. The Labute approximate surface area is 317 Å². The highest BCUT2D eigenvalue weighted by atomic mass is 16.5. The van der Waals surface area contributed by atoms with Crippen LogP contribution in [-0.4, -0.2) is 126 Å². The largest absolute Gasteiger partial charge is 0.491 e. The fourth-order valence-corrected chi connectivity index (χ4v) is 5.32. The lowest BCUT2D eigenvalue weighted by atomic mass is 9.85. The second-order valence-corrected chi connectivity index (χ2v) is 11.6. The van der Waals surface area contributed by atoms with Crippen molar-refractivity contribution in [3.05, 3.63) is 119 Å². The molecule has 54 heavy (non-hydrogen) atoms. The molecule has 292 valence electrons. The molecule has 0 unspecified atom stereocenters. The molecule has 0 spiro atoms. The quantitative estimate of drug-likeness (QED) is 0.0485. The van der Waals surface area contributed by atoms with Crippen LogP contribution in [0.1, 0.15) is 22.3 Å². The summed E-state index contributed by atoms with van der Waals surface area (Å²) in [6.07, 6.45) is 0. The highest BCUT2D eigenvalue weighted by molar-refractivity contribution is 6.04. The number of ether oxygens (including phenoxy) is 8. The topological polar surface area (TPSA) is 155 Å². The van der Waals surface area contributed by atoms with Gasteiger partial charge in [0.1, 0.15) is 49.4 Å². The molecule has 0 aliphatic rings. The fourth-order valence-electron chi connectivity index (χ4n) is 5.32. The minimum Gasteiger partial charge on any atom is -0.491 e. The van der Waals surface area contributed by atoms with Crippen molar-refractivity contribution in [1.82, 2.24) is 0 Å². The van der Waals surface area contributed by atoms with Crippen LogP contribution in [0.5, 0.6) is 23.0 Å². The Balaban J connectivity index is 1.72. The molecule has 0 saturated heterocycles. The molecule has 4 aromatic carbocycles. The molecule has 0 heterocycles. The van der Waals surface area contributed by atoms with E-state index in [0.29, 0.717) is 75.9 Å². The molecular formula is C42H52O12. The van der Waals surface area contributed by atoms with Crippen LogP contribution in [-0.2, 0) is 18.9 Å². The number of aliphatic hydroxyl groups is 4. The van der Waals surface area contributed by atoms with Crippen LogP contribution < -0.4 is 18.9 Å². The van der Waals surface area contributed by atoms with Crippen LogP contribution in [0.15, 0.2) is 97.1 Å². The Kier molecular flexibility index (Phi) is 20.0. The molecule has 4 aromatic rings. The molecule has 0 aliphatic carbocycles. The normalized spacial score (nSPS) is 11.0. The smallest absolute Gasteiger partial charge is 0.119 e. The van der Waals surface area contributed by atoms with E-state index >= 15 is 0 Å². The molecule has 0 aliphatic heterocycles. The Morgan fingerprint density at radius 2 is 0.481 bits per heavy atom. The van der Waals surface area contributed by atoms with Crippen LogP contribution in [0.25, 0.3) is 11.1 Å². The average molecular weight is 749 g/mol. The average Bonchev–Trinajstić information content (AvgIpc) is 3.21. The van der Waals surface area contributed by atoms with E-state index in [4.69, 9.17) is 58.3 Å². The highest BCUT2D eigenvalue weighted by Crippen LogP contribution is 2.39. The summed E-state index contributed by atoms with van der Waals surface area (Å²) in [5.41, 5.74) is 5.71. The van der Waals surface area contributed by atoms with E-state index in [1.54, 1.807) is 0 Å². The Bertz CT molecular complexity index is 1350. The summed E-state index contributed by atoms with van der Waals surface area (Å²) in [5, 5.41) is 35.9. The third-order valence-electron chi connectivity index (χ3n) is 7.75. The van der Waals surface area contributed by atoms with Gasteiger partial charge in [0.2, 0.25) is 0 Å². The van der Waals surface area contributed by atoms with Gasteiger partial charge in [-0.05, 0) is 81.9 Å². The van der Waals surface area contributed by atoms with E-state index < -0.39 is 0 Å². The zero-order valence-electron chi connectivity index (χ0n) is 30.6. The van der Waals surface area contributed by atoms with Crippen molar-refractivity contribution in [2.45, 2.75) is 0 Å². The Morgan fingerprint density at radius 1 is 0.278 bits per heavy atom. The van der Waals surface area contributed by atoms with Gasteiger partial charge in [0, 0.05) is 0 Å². The number of benzene rings is 4. The molecule has 4 N–H and O–H groups in total. The first-order valence-electron chi connectivity index (χ1n) is 18.1. The van der Waals surface area contributed by atoms with Crippen molar-refractivity contribution in [2.75, 3.05) is 106 Å². The van der Waals surface area contributed by atoms with Gasteiger partial charge in [0.05, 0.1) is 79.3 Å². The SMILES string of the molecule is OCCOCCOc1ccc(C(=C(c2ccc(OCCOCCO)cc2)c2ccc(OCCOCCO)cc2)c2ccc(OCCOCCO)cc2)cc1. The molecule has 12 heteroatoms. The number of hydrogen-bond acceptors (Lipinski definition) is 12. The Morgan fingerprint density at radius 3 is 0.667 bits per heavy atom. The first kappa shape index (κ1) is 42.2. The molecule has 4 rings (SSSR count). The molecule has 12 nitrogen and oxygen atoms in total. The zero-order chi connectivity index (χ0) is 38.1. The third-order valence-corrected chi connectivity index (χ3v) is 7.75. The van der Waals surface area contributed by atoms with Crippen molar-refractivity contribution in [1.29, 1.82) is 0 Å². The Hall–Kier alpha value is -4.50. The van der Waals surface area contributed by atoms with E-state index in [1.165, 1.54) is 0 Å². The standard InChI is InChI=1S/C42H52O12/c43-17-21-47-25-29-51-37-9-1-33(2-10-37)41(34-3-11-38(12-4-34)52-30-26-48-22-18-44)42(35-5-13-39(14-6-35)53-31-27-49-23-19-45)36-7-15-40(16-8-36)54-32-28-50-24-20-46/h1-16,43-46H,17-32H2. The van der Waals surface area contributed by atoms with Crippen LogP contribution in [0.3, 0.4) is 0 Å². The van der Waals surface area contributed by atoms with E-state index in [-0.39, 0.29) is 52.9 Å². The van der Waals surface area contributed by atoms with Crippen LogP contribution in [0, 0.1) is 0 Å². The minimum atomic E-state index is -0.0371. The summed E-state index contributed by atoms with van der Waals surface area (Å²) in [4.78, 5) is 0. The molecule has 0 amide bonds. The summed E-state index contributed by atoms with van der Waals surface area (Å²) in [6.45, 7) is 3.77.